The summed E-state index contributed by atoms with van der Waals surface area (Å²) in [5, 5.41) is 4.04. The van der Waals surface area contributed by atoms with Crippen molar-refractivity contribution in [2.75, 3.05) is 13.1 Å². The van der Waals surface area contributed by atoms with Gasteiger partial charge in [-0.2, -0.15) is 0 Å². The minimum Gasteiger partial charge on any atom is -0.363 e. The van der Waals surface area contributed by atoms with Crippen molar-refractivity contribution in [1.29, 1.82) is 0 Å². The number of nitrogens with one attached hydrogen (secondary N) is 1. The summed E-state index contributed by atoms with van der Waals surface area (Å²) in [6.07, 6.45) is 1.31. The van der Waals surface area contributed by atoms with Gasteiger partial charge in [-0.1, -0.05) is 46.3 Å². The molecule has 27 heavy (non-hydrogen) atoms. The number of carbonyl (C=O) groups is 3. The predicted molar refractivity (Wildman–Crippen MR) is 103 cm³/mol. The fraction of sp³-hybridized carbons (Fsp3) is 0.250. The van der Waals surface area contributed by atoms with Crippen LogP contribution in [0, 0.1) is 0 Å². The molecule has 0 aromatic heterocycles. The van der Waals surface area contributed by atoms with Gasteiger partial charge >= 0.3 is 5.97 Å². The minimum atomic E-state index is -0.588. The Morgan fingerprint density at radius 2 is 1.74 bits per heavy atom. The normalized spacial score (nSPS) is 16.7. The van der Waals surface area contributed by atoms with E-state index in [1.165, 1.54) is 5.06 Å². The Morgan fingerprint density at radius 3 is 2.44 bits per heavy atom. The van der Waals surface area contributed by atoms with Crippen LogP contribution in [0.3, 0.4) is 0 Å². The first kappa shape index (κ1) is 19.3. The number of benzene rings is 2. The van der Waals surface area contributed by atoms with Gasteiger partial charge in [0.25, 0.3) is 0 Å². The largest absolute Gasteiger partial charge is 0.363 e. The summed E-state index contributed by atoms with van der Waals surface area (Å²) in [4.78, 5) is 42.2. The number of hydroxylamine groups is 2. The number of carbonyl (C=O) groups excluding carboxylic acids is 3. The summed E-state index contributed by atoms with van der Waals surface area (Å²) in [6, 6.07) is 15.0. The van der Waals surface area contributed by atoms with Crippen LogP contribution in [0.25, 0.3) is 0 Å². The van der Waals surface area contributed by atoms with Crippen LogP contribution in [-0.4, -0.2) is 41.9 Å². The molecule has 0 radical (unpaired) electrons. The van der Waals surface area contributed by atoms with E-state index in [0.29, 0.717) is 24.1 Å². The van der Waals surface area contributed by atoms with Crippen molar-refractivity contribution in [1.82, 2.24) is 10.4 Å². The molecule has 1 fully saturated rings. The second-order valence-corrected chi connectivity index (χ2v) is 7.11. The zero-order valence-corrected chi connectivity index (χ0v) is 16.1. The summed E-state index contributed by atoms with van der Waals surface area (Å²) in [6.45, 7) is 0.384. The number of halogens is 1. The molecule has 0 saturated carbocycles. The lowest BCUT2D eigenvalue weighted by molar-refractivity contribution is -0.148. The van der Waals surface area contributed by atoms with Crippen LogP contribution >= 0.6 is 15.9 Å². The molecule has 0 bridgehead atoms. The maximum Gasteiger partial charge on any atom is 0.357 e. The lowest BCUT2D eigenvalue weighted by Gasteiger charge is -2.22. The van der Waals surface area contributed by atoms with Gasteiger partial charge in [0.15, 0.2) is 5.78 Å². The van der Waals surface area contributed by atoms with Crippen LogP contribution in [0.15, 0.2) is 59.1 Å². The van der Waals surface area contributed by atoms with Gasteiger partial charge in [-0.3, -0.25) is 9.59 Å². The Labute approximate surface area is 165 Å². The Morgan fingerprint density at radius 1 is 1.04 bits per heavy atom. The van der Waals surface area contributed by atoms with E-state index < -0.39 is 12.0 Å². The van der Waals surface area contributed by atoms with E-state index in [-0.39, 0.29) is 18.2 Å². The fourth-order valence-corrected chi connectivity index (χ4v) is 3.13. The Kier molecular flexibility index (Phi) is 6.36. The number of rotatable bonds is 6. The van der Waals surface area contributed by atoms with Gasteiger partial charge in [-0.25, -0.2) is 4.79 Å². The topological polar surface area (TPSA) is 75.7 Å². The Balaban J connectivity index is 1.54. The molecule has 140 valence electrons. The molecule has 1 amide bonds. The molecule has 2 aromatic rings. The standard InChI is InChI=1S/C20H19BrN2O4/c21-16-10-8-14(9-11-16)18(24)13-22-19(25)17-7-4-12-23(17)27-20(26)15-5-2-1-3-6-15/h1-3,5-6,8-11,17H,4,7,12-13H2,(H,22,25)/t17-/m0/s1. The van der Waals surface area contributed by atoms with Gasteiger partial charge < -0.3 is 10.2 Å². The molecule has 1 saturated heterocycles. The monoisotopic (exact) mass is 430 g/mol. The fourth-order valence-electron chi connectivity index (χ4n) is 2.87. The van der Waals surface area contributed by atoms with Crippen LogP contribution in [-0.2, 0) is 9.63 Å². The molecular formula is C20H19BrN2O4. The molecular weight excluding hydrogens is 412 g/mol. The van der Waals surface area contributed by atoms with Crippen LogP contribution in [0.1, 0.15) is 33.6 Å². The van der Waals surface area contributed by atoms with E-state index in [1.807, 2.05) is 6.07 Å². The van der Waals surface area contributed by atoms with Crippen molar-refractivity contribution in [3.63, 3.8) is 0 Å². The second-order valence-electron chi connectivity index (χ2n) is 6.19. The highest BCUT2D eigenvalue weighted by Gasteiger charge is 2.34. The number of Topliss-reactive ketones (excluding diaryl/α,β-unsaturated/α-hetero) is 1. The summed E-state index contributed by atoms with van der Waals surface area (Å²) < 4.78 is 0.880. The third-order valence-corrected chi connectivity index (χ3v) is 4.83. The SMILES string of the molecule is O=C(CNC(=O)[C@@H]1CCCN1OC(=O)c1ccccc1)c1ccc(Br)cc1. The van der Waals surface area contributed by atoms with Crippen LogP contribution in [0.2, 0.25) is 0 Å². The third kappa shape index (κ3) is 5.02. The molecule has 1 heterocycles. The third-order valence-electron chi connectivity index (χ3n) is 4.31. The van der Waals surface area contributed by atoms with Crippen molar-refractivity contribution in [2.24, 2.45) is 0 Å². The van der Waals surface area contributed by atoms with Crippen molar-refractivity contribution in [3.8, 4) is 0 Å². The van der Waals surface area contributed by atoms with Gasteiger partial charge in [0, 0.05) is 16.6 Å². The highest BCUT2D eigenvalue weighted by Crippen LogP contribution is 2.19. The molecule has 7 heteroatoms. The van der Waals surface area contributed by atoms with Crippen LogP contribution in [0.4, 0.5) is 0 Å². The summed E-state index contributed by atoms with van der Waals surface area (Å²) in [5.74, 6) is -0.998. The van der Waals surface area contributed by atoms with E-state index >= 15 is 0 Å². The number of hydrogen-bond donors (Lipinski definition) is 1. The number of hydrogen-bond acceptors (Lipinski definition) is 5. The molecule has 1 atom stereocenters. The average Bonchev–Trinajstić information content (AvgIpc) is 3.15. The quantitative estimate of drug-likeness (QED) is 0.712. The lowest BCUT2D eigenvalue weighted by Crippen LogP contribution is -2.45. The Hall–Kier alpha value is -2.51. The molecule has 1 N–H and O–H groups in total. The number of ketones is 1. The van der Waals surface area contributed by atoms with Crippen molar-refractivity contribution >= 4 is 33.6 Å². The molecule has 0 aliphatic carbocycles. The highest BCUT2D eigenvalue weighted by atomic mass is 79.9. The van der Waals surface area contributed by atoms with Gasteiger partial charge in [-0.15, -0.1) is 5.06 Å². The van der Waals surface area contributed by atoms with Crippen molar-refractivity contribution in [3.05, 3.63) is 70.2 Å². The van der Waals surface area contributed by atoms with Gasteiger partial charge in [0.2, 0.25) is 5.91 Å². The molecule has 1 aliphatic rings. The first-order valence-electron chi connectivity index (χ1n) is 8.65. The number of amides is 1. The van der Waals surface area contributed by atoms with Gasteiger partial charge in [0.1, 0.15) is 6.04 Å². The van der Waals surface area contributed by atoms with Crippen LogP contribution in [0.5, 0.6) is 0 Å². The Bertz CT molecular complexity index is 824. The summed E-state index contributed by atoms with van der Waals surface area (Å²) >= 11 is 3.32. The smallest absolute Gasteiger partial charge is 0.357 e. The maximum atomic E-state index is 12.5. The van der Waals surface area contributed by atoms with Crippen molar-refractivity contribution < 1.29 is 19.2 Å². The molecule has 1 aliphatic heterocycles. The summed E-state index contributed by atoms with van der Waals surface area (Å²) in [5.41, 5.74) is 0.950. The van der Waals surface area contributed by atoms with E-state index in [1.54, 1.807) is 48.5 Å². The first-order chi connectivity index (χ1) is 13.0. The predicted octanol–water partition coefficient (Wildman–Crippen LogP) is 2.98. The van der Waals surface area contributed by atoms with E-state index in [0.717, 1.165) is 10.9 Å². The molecule has 3 rings (SSSR count). The van der Waals surface area contributed by atoms with Crippen molar-refractivity contribution in [2.45, 2.75) is 18.9 Å². The zero-order valence-electron chi connectivity index (χ0n) is 14.6. The molecule has 0 spiro atoms. The molecule has 6 nitrogen and oxygen atoms in total. The molecule has 2 aromatic carbocycles. The van der Waals surface area contributed by atoms with Gasteiger partial charge in [-0.05, 0) is 37.1 Å². The van der Waals surface area contributed by atoms with E-state index in [9.17, 15) is 14.4 Å². The number of nitrogens with zero attached hydrogens (tertiary/aromatic N) is 1. The average molecular weight is 431 g/mol. The highest BCUT2D eigenvalue weighted by molar-refractivity contribution is 9.10. The minimum absolute atomic E-state index is 0.0998. The maximum absolute atomic E-state index is 12.5. The van der Waals surface area contributed by atoms with Gasteiger partial charge in [0.05, 0.1) is 12.1 Å². The van der Waals surface area contributed by atoms with Crippen LogP contribution < -0.4 is 5.32 Å². The van der Waals surface area contributed by atoms with E-state index in [2.05, 4.69) is 21.2 Å². The van der Waals surface area contributed by atoms with E-state index in [4.69, 9.17) is 4.84 Å². The lowest BCUT2D eigenvalue weighted by atomic mass is 10.1. The second kappa shape index (κ2) is 8.92. The summed E-state index contributed by atoms with van der Waals surface area (Å²) in [7, 11) is 0. The zero-order chi connectivity index (χ0) is 19.2. The first-order valence-corrected chi connectivity index (χ1v) is 9.44. The molecule has 0 unspecified atom stereocenters.